The van der Waals surface area contributed by atoms with Crippen molar-refractivity contribution in [2.45, 2.75) is 82.1 Å². The van der Waals surface area contributed by atoms with E-state index in [1.807, 2.05) is 18.2 Å². The average molecular weight is 609 g/mol. The van der Waals surface area contributed by atoms with E-state index in [-0.39, 0.29) is 42.8 Å². The van der Waals surface area contributed by atoms with Crippen molar-refractivity contribution in [1.82, 2.24) is 20.2 Å². The lowest BCUT2D eigenvalue weighted by atomic mass is 9.95. The third kappa shape index (κ3) is 7.18. The predicted octanol–water partition coefficient (Wildman–Crippen LogP) is 4.27. The third-order valence-corrected chi connectivity index (χ3v) is 8.90. The van der Waals surface area contributed by atoms with Crippen molar-refractivity contribution < 1.29 is 28.5 Å². The van der Waals surface area contributed by atoms with Crippen LogP contribution in [0.3, 0.4) is 0 Å². The van der Waals surface area contributed by atoms with E-state index in [1.54, 1.807) is 16.7 Å². The molecule has 228 valence electrons. The Balaban J connectivity index is 1.04. The molecular weight excluding hydrogens is 572 g/mol. The summed E-state index contributed by atoms with van der Waals surface area (Å²) in [5.41, 5.74) is 1.28. The van der Waals surface area contributed by atoms with Crippen LogP contribution in [-0.4, -0.2) is 46.7 Å². The predicted molar refractivity (Wildman–Crippen MR) is 161 cm³/mol. The van der Waals surface area contributed by atoms with Crippen LogP contribution in [0.5, 0.6) is 23.0 Å². The molecule has 2 aromatic carbocycles. The van der Waals surface area contributed by atoms with E-state index >= 15 is 0 Å². The van der Waals surface area contributed by atoms with E-state index in [4.69, 9.17) is 23.9 Å². The van der Waals surface area contributed by atoms with Crippen LogP contribution in [0.1, 0.15) is 63.4 Å². The Morgan fingerprint density at radius 2 is 1.63 bits per heavy atom. The minimum atomic E-state index is -0.181. The van der Waals surface area contributed by atoms with Gasteiger partial charge in [0, 0.05) is 31.6 Å². The molecule has 1 fully saturated rings. The van der Waals surface area contributed by atoms with Crippen LogP contribution in [0.25, 0.3) is 10.9 Å². The Bertz CT molecular complexity index is 1550. The van der Waals surface area contributed by atoms with Crippen LogP contribution in [0.4, 0.5) is 0 Å². The number of hydrogen-bond acceptors (Lipinski definition) is 9. The van der Waals surface area contributed by atoms with Crippen LogP contribution in [0, 0.1) is 0 Å². The maximum atomic E-state index is 13.6. The number of carbonyl (C=O) groups is 2. The molecule has 3 heterocycles. The van der Waals surface area contributed by atoms with Gasteiger partial charge in [0.1, 0.15) is 0 Å². The number of thioether (sulfide) groups is 1. The summed E-state index contributed by atoms with van der Waals surface area (Å²) in [7, 11) is 0. The van der Waals surface area contributed by atoms with Crippen molar-refractivity contribution in [2.75, 3.05) is 19.3 Å². The second-order valence-corrected chi connectivity index (χ2v) is 12.0. The lowest BCUT2D eigenvalue weighted by molar-refractivity contribution is -0.121. The minimum absolute atomic E-state index is 0.0292. The molecule has 0 bridgehead atoms. The van der Waals surface area contributed by atoms with Gasteiger partial charge in [0.25, 0.3) is 5.56 Å². The molecule has 0 radical (unpaired) electrons. The molecule has 11 nitrogen and oxygen atoms in total. The number of nitrogens with zero attached hydrogens (tertiary/aromatic N) is 2. The van der Waals surface area contributed by atoms with Gasteiger partial charge in [-0.15, -0.1) is 0 Å². The topological polar surface area (TPSA) is 130 Å². The number of aromatic nitrogens is 2. The molecule has 0 atom stereocenters. The maximum absolute atomic E-state index is 13.6. The van der Waals surface area contributed by atoms with E-state index in [2.05, 4.69) is 10.6 Å². The average Bonchev–Trinajstić information content (AvgIpc) is 3.68. The summed E-state index contributed by atoms with van der Waals surface area (Å²) in [4.78, 5) is 43.5. The lowest BCUT2D eigenvalue weighted by Gasteiger charge is -2.22. The highest BCUT2D eigenvalue weighted by Gasteiger charge is 2.21. The smallest absolute Gasteiger partial charge is 0.262 e. The molecule has 43 heavy (non-hydrogen) atoms. The number of rotatable bonds is 12. The normalized spacial score (nSPS) is 15.5. The van der Waals surface area contributed by atoms with Crippen LogP contribution in [0.2, 0.25) is 0 Å². The van der Waals surface area contributed by atoms with Crippen molar-refractivity contribution in [3.63, 3.8) is 0 Å². The molecule has 2 N–H and O–H groups in total. The molecule has 12 heteroatoms. The summed E-state index contributed by atoms with van der Waals surface area (Å²) >= 11 is 1.27. The third-order valence-electron chi connectivity index (χ3n) is 7.93. The van der Waals surface area contributed by atoms with Crippen molar-refractivity contribution in [3.8, 4) is 23.0 Å². The van der Waals surface area contributed by atoms with Gasteiger partial charge < -0.3 is 29.6 Å². The van der Waals surface area contributed by atoms with Crippen LogP contribution in [0.15, 0.2) is 40.3 Å². The molecule has 1 aromatic heterocycles. The van der Waals surface area contributed by atoms with Crippen LogP contribution >= 0.6 is 11.8 Å². The van der Waals surface area contributed by atoms with E-state index in [0.29, 0.717) is 71.4 Å². The maximum Gasteiger partial charge on any atom is 0.262 e. The molecule has 3 aromatic rings. The summed E-state index contributed by atoms with van der Waals surface area (Å²) in [5.74, 6) is 2.59. The summed E-state index contributed by atoms with van der Waals surface area (Å²) in [6, 6.07) is 9.25. The Kier molecular flexibility index (Phi) is 9.21. The molecule has 0 saturated heterocycles. The van der Waals surface area contributed by atoms with Crippen molar-refractivity contribution >= 4 is 34.5 Å². The van der Waals surface area contributed by atoms with Gasteiger partial charge in [0.2, 0.25) is 25.4 Å². The molecule has 0 spiro atoms. The van der Waals surface area contributed by atoms with Crippen molar-refractivity contribution in [2.24, 2.45) is 0 Å². The second kappa shape index (κ2) is 13.6. The summed E-state index contributed by atoms with van der Waals surface area (Å²) in [6.45, 7) is 1.17. The Labute approximate surface area is 253 Å². The Morgan fingerprint density at radius 1 is 0.884 bits per heavy atom. The fraction of sp³-hybridized carbons (Fsp3) is 0.484. The van der Waals surface area contributed by atoms with Gasteiger partial charge in [-0.05, 0) is 49.4 Å². The molecule has 1 aliphatic carbocycles. The number of ether oxygens (including phenoxy) is 4. The molecule has 6 rings (SSSR count). The molecular formula is C31H36N4O7S. The number of benzene rings is 2. The molecule has 2 amide bonds. The summed E-state index contributed by atoms with van der Waals surface area (Å²) < 4.78 is 23.3. The van der Waals surface area contributed by atoms with Gasteiger partial charge in [-0.1, -0.05) is 43.5 Å². The Morgan fingerprint density at radius 3 is 2.44 bits per heavy atom. The zero-order chi connectivity index (χ0) is 29.6. The fourth-order valence-electron chi connectivity index (χ4n) is 5.62. The SMILES string of the molecule is O=C(CCCCCn1c(SCC(=O)NC2CCCCC2)nc2cc3c(cc2c1=O)OCO3)NCc1ccc2c(c1)OCO2. The minimum Gasteiger partial charge on any atom is -0.454 e. The van der Waals surface area contributed by atoms with Gasteiger partial charge in [0.05, 0.1) is 16.7 Å². The first-order valence-corrected chi connectivity index (χ1v) is 15.9. The van der Waals surface area contributed by atoms with Gasteiger partial charge in [-0.2, -0.15) is 0 Å². The van der Waals surface area contributed by atoms with Gasteiger partial charge in [-0.3, -0.25) is 19.0 Å². The Hall–Kier alpha value is -3.93. The van der Waals surface area contributed by atoms with Crippen molar-refractivity contribution in [3.05, 3.63) is 46.2 Å². The van der Waals surface area contributed by atoms with Gasteiger partial charge in [-0.25, -0.2) is 4.98 Å². The zero-order valence-corrected chi connectivity index (χ0v) is 24.8. The largest absolute Gasteiger partial charge is 0.454 e. The van der Waals surface area contributed by atoms with Crippen LogP contribution in [-0.2, 0) is 22.7 Å². The highest BCUT2D eigenvalue weighted by Crippen LogP contribution is 2.35. The fourth-order valence-corrected chi connectivity index (χ4v) is 6.45. The molecule has 1 saturated carbocycles. The number of unbranched alkanes of at least 4 members (excludes halogenated alkanes) is 2. The van der Waals surface area contributed by atoms with Crippen LogP contribution < -0.4 is 35.1 Å². The van der Waals surface area contributed by atoms with E-state index in [1.165, 1.54) is 18.2 Å². The summed E-state index contributed by atoms with van der Waals surface area (Å²) in [6.07, 6.45) is 8.05. The number of fused-ring (bicyclic) bond motifs is 3. The van der Waals surface area contributed by atoms with Gasteiger partial charge >= 0.3 is 0 Å². The number of amides is 2. The van der Waals surface area contributed by atoms with E-state index < -0.39 is 0 Å². The molecule has 0 unspecified atom stereocenters. The zero-order valence-electron chi connectivity index (χ0n) is 24.0. The van der Waals surface area contributed by atoms with E-state index in [9.17, 15) is 14.4 Å². The lowest BCUT2D eigenvalue weighted by Crippen LogP contribution is -2.37. The monoisotopic (exact) mass is 608 g/mol. The number of nitrogens with one attached hydrogen (secondary N) is 2. The highest BCUT2D eigenvalue weighted by atomic mass is 32.2. The first kappa shape index (κ1) is 29.2. The molecule has 2 aliphatic heterocycles. The van der Waals surface area contributed by atoms with Crippen molar-refractivity contribution in [1.29, 1.82) is 0 Å². The van der Waals surface area contributed by atoms with E-state index in [0.717, 1.165) is 37.7 Å². The summed E-state index contributed by atoms with van der Waals surface area (Å²) in [5, 5.41) is 7.03. The first-order valence-electron chi connectivity index (χ1n) is 14.9. The second-order valence-electron chi connectivity index (χ2n) is 11.0. The number of hydrogen-bond donors (Lipinski definition) is 2. The number of carbonyl (C=O) groups excluding carboxylic acids is 2. The quantitative estimate of drug-likeness (QED) is 0.176. The van der Waals surface area contributed by atoms with Gasteiger partial charge in [0.15, 0.2) is 28.2 Å². The molecule has 3 aliphatic rings. The first-order chi connectivity index (χ1) is 21.0. The highest BCUT2D eigenvalue weighted by molar-refractivity contribution is 7.99. The standard InChI is InChI=1S/C31H36N4O7S/c36-28(32-16-20-10-11-24-25(13-20)40-18-39-24)9-5-2-6-12-35-30(38)22-14-26-27(42-19-41-26)15-23(22)34-31(35)43-17-29(37)33-21-7-3-1-4-8-21/h10-11,13-15,21H,1-9,12,16-19H2,(H,32,36)(H,33,37).